The summed E-state index contributed by atoms with van der Waals surface area (Å²) in [5, 5.41) is 3.29. The van der Waals surface area contributed by atoms with E-state index in [1.54, 1.807) is 29.2 Å². The van der Waals surface area contributed by atoms with Crippen molar-refractivity contribution < 1.29 is 18.0 Å². The molecule has 0 saturated carbocycles. The first-order valence-electron chi connectivity index (χ1n) is 9.61. The number of nitrogens with one attached hydrogen (secondary N) is 2. The molecule has 2 aromatic rings. The van der Waals surface area contributed by atoms with Crippen LogP contribution >= 0.6 is 11.6 Å². The summed E-state index contributed by atoms with van der Waals surface area (Å²) in [7, 11) is -3.76. The Balaban J connectivity index is 1.56. The monoisotopic (exact) mass is 449 g/mol. The van der Waals surface area contributed by atoms with Crippen LogP contribution in [0.4, 0.5) is 5.69 Å². The summed E-state index contributed by atoms with van der Waals surface area (Å²) >= 11 is 6.05. The summed E-state index contributed by atoms with van der Waals surface area (Å²) in [5.41, 5.74) is 2.35. The Morgan fingerprint density at radius 1 is 1.20 bits per heavy atom. The van der Waals surface area contributed by atoms with Crippen molar-refractivity contribution in [2.75, 3.05) is 11.4 Å². The molecule has 0 aromatic heterocycles. The fraction of sp³-hybridized carbons (Fsp3) is 0.333. The molecule has 1 unspecified atom stereocenters. The summed E-state index contributed by atoms with van der Waals surface area (Å²) in [6, 6.07) is 11.9. The smallest absolute Gasteiger partial charge is 0.240 e. The summed E-state index contributed by atoms with van der Waals surface area (Å²) in [5.74, 6) is -0.352. The minimum Gasteiger partial charge on any atom is -0.352 e. The minimum absolute atomic E-state index is 0.00374. The van der Waals surface area contributed by atoms with Crippen LogP contribution in [-0.4, -0.2) is 32.8 Å². The molecule has 1 aliphatic rings. The van der Waals surface area contributed by atoms with E-state index in [-0.39, 0.29) is 42.3 Å². The van der Waals surface area contributed by atoms with Crippen LogP contribution < -0.4 is 14.9 Å². The van der Waals surface area contributed by atoms with Gasteiger partial charge in [-0.25, -0.2) is 13.1 Å². The minimum atomic E-state index is -3.76. The predicted molar refractivity (Wildman–Crippen MR) is 116 cm³/mol. The van der Waals surface area contributed by atoms with Crippen molar-refractivity contribution in [2.45, 2.75) is 44.2 Å². The van der Waals surface area contributed by atoms with Gasteiger partial charge < -0.3 is 10.2 Å². The van der Waals surface area contributed by atoms with E-state index in [9.17, 15) is 18.0 Å². The van der Waals surface area contributed by atoms with Gasteiger partial charge in [0.15, 0.2) is 0 Å². The predicted octanol–water partition coefficient (Wildman–Crippen LogP) is 2.62. The van der Waals surface area contributed by atoms with Crippen molar-refractivity contribution in [3.05, 3.63) is 58.6 Å². The van der Waals surface area contributed by atoms with Crippen LogP contribution in [0.1, 0.15) is 31.4 Å². The molecule has 2 aromatic carbocycles. The molecule has 160 valence electrons. The Labute approximate surface area is 181 Å². The zero-order valence-corrected chi connectivity index (χ0v) is 18.4. The molecule has 30 heavy (non-hydrogen) atoms. The van der Waals surface area contributed by atoms with Crippen molar-refractivity contribution in [1.29, 1.82) is 0 Å². The van der Waals surface area contributed by atoms with E-state index in [1.165, 1.54) is 13.0 Å². The maximum absolute atomic E-state index is 12.6. The van der Waals surface area contributed by atoms with E-state index < -0.39 is 10.0 Å². The van der Waals surface area contributed by atoms with E-state index in [0.717, 1.165) is 16.8 Å². The third-order valence-corrected chi connectivity index (χ3v) is 6.82. The average Bonchev–Trinajstić information content (AvgIpc) is 3.02. The number of sulfonamides is 1. The molecule has 1 atom stereocenters. The molecular weight excluding hydrogens is 426 g/mol. The molecule has 0 radical (unpaired) electrons. The highest BCUT2D eigenvalue weighted by molar-refractivity contribution is 7.89. The Hall–Kier alpha value is -2.42. The van der Waals surface area contributed by atoms with Crippen molar-refractivity contribution in [3.63, 3.8) is 0 Å². The number of amides is 2. The van der Waals surface area contributed by atoms with Gasteiger partial charge in [0, 0.05) is 43.2 Å². The number of halogens is 1. The van der Waals surface area contributed by atoms with Crippen molar-refractivity contribution >= 4 is 39.1 Å². The summed E-state index contributed by atoms with van der Waals surface area (Å²) in [6.07, 6.45) is 0.604. The van der Waals surface area contributed by atoms with E-state index in [4.69, 9.17) is 11.6 Å². The first-order valence-corrected chi connectivity index (χ1v) is 11.5. The molecule has 0 saturated heterocycles. The lowest BCUT2D eigenvalue weighted by Crippen LogP contribution is -2.33. The average molecular weight is 450 g/mol. The van der Waals surface area contributed by atoms with Crippen LogP contribution in [0, 0.1) is 0 Å². The van der Waals surface area contributed by atoms with Crippen molar-refractivity contribution in [3.8, 4) is 0 Å². The molecule has 0 spiro atoms. The molecule has 0 fully saturated rings. The van der Waals surface area contributed by atoms with Crippen LogP contribution in [-0.2, 0) is 32.6 Å². The van der Waals surface area contributed by atoms with Gasteiger partial charge in [-0.05, 0) is 48.7 Å². The molecule has 3 rings (SSSR count). The summed E-state index contributed by atoms with van der Waals surface area (Å²) in [4.78, 5) is 25.6. The number of carbonyl (C=O) groups is 2. The van der Waals surface area contributed by atoms with E-state index >= 15 is 0 Å². The first kappa shape index (κ1) is 22.3. The molecule has 0 aliphatic carbocycles. The molecule has 2 N–H and O–H groups in total. The number of benzene rings is 2. The zero-order chi connectivity index (χ0) is 21.9. The van der Waals surface area contributed by atoms with E-state index in [2.05, 4.69) is 10.0 Å². The highest BCUT2D eigenvalue weighted by Crippen LogP contribution is 2.33. The highest BCUT2D eigenvalue weighted by atomic mass is 35.5. The summed E-state index contributed by atoms with van der Waals surface area (Å²) in [6.45, 7) is 3.67. The van der Waals surface area contributed by atoms with Gasteiger partial charge in [-0.3, -0.25) is 9.59 Å². The fourth-order valence-electron chi connectivity index (χ4n) is 3.56. The molecule has 2 amide bonds. The Kier molecular flexibility index (Phi) is 6.80. The Morgan fingerprint density at radius 3 is 2.63 bits per heavy atom. The quantitative estimate of drug-likeness (QED) is 0.679. The SMILES string of the molecule is CC(=O)N1c2ccc(S(=O)(=O)NCCC(=O)NCc3ccccc3Cl)cc2CC1C. The van der Waals surface area contributed by atoms with Crippen molar-refractivity contribution in [2.24, 2.45) is 0 Å². The Bertz CT molecular complexity index is 1070. The van der Waals surface area contributed by atoms with Crippen molar-refractivity contribution in [1.82, 2.24) is 10.0 Å². The number of anilines is 1. The second kappa shape index (κ2) is 9.16. The highest BCUT2D eigenvalue weighted by Gasteiger charge is 2.30. The molecule has 7 nitrogen and oxygen atoms in total. The zero-order valence-electron chi connectivity index (χ0n) is 16.8. The van der Waals surface area contributed by atoms with Gasteiger partial charge in [0.2, 0.25) is 21.8 Å². The normalized spacial score (nSPS) is 15.7. The Morgan fingerprint density at radius 2 is 1.93 bits per heavy atom. The lowest BCUT2D eigenvalue weighted by Gasteiger charge is -2.20. The number of carbonyl (C=O) groups excluding carboxylic acids is 2. The van der Waals surface area contributed by atoms with Crippen LogP contribution in [0.15, 0.2) is 47.4 Å². The van der Waals surface area contributed by atoms with Crippen LogP contribution in [0.3, 0.4) is 0 Å². The molecule has 9 heteroatoms. The lowest BCUT2D eigenvalue weighted by molar-refractivity contribution is -0.121. The molecule has 1 aliphatic heterocycles. The number of nitrogens with zero attached hydrogens (tertiary/aromatic N) is 1. The third kappa shape index (κ3) is 5.00. The van der Waals surface area contributed by atoms with Gasteiger partial charge in [0.25, 0.3) is 0 Å². The summed E-state index contributed by atoms with van der Waals surface area (Å²) < 4.78 is 27.6. The van der Waals surface area contributed by atoms with Crippen LogP contribution in [0.25, 0.3) is 0 Å². The van der Waals surface area contributed by atoms with Gasteiger partial charge in [-0.15, -0.1) is 0 Å². The maximum atomic E-state index is 12.6. The fourth-order valence-corrected chi connectivity index (χ4v) is 4.85. The van der Waals surface area contributed by atoms with Crippen LogP contribution in [0.2, 0.25) is 5.02 Å². The topological polar surface area (TPSA) is 95.6 Å². The number of rotatable bonds is 7. The van der Waals surface area contributed by atoms with Gasteiger partial charge in [0.1, 0.15) is 0 Å². The lowest BCUT2D eigenvalue weighted by atomic mass is 10.1. The maximum Gasteiger partial charge on any atom is 0.240 e. The van der Waals surface area contributed by atoms with Gasteiger partial charge in [-0.2, -0.15) is 0 Å². The van der Waals surface area contributed by atoms with Crippen LogP contribution in [0.5, 0.6) is 0 Å². The number of hydrogen-bond donors (Lipinski definition) is 2. The van der Waals surface area contributed by atoms with Gasteiger partial charge in [0.05, 0.1) is 4.90 Å². The first-order chi connectivity index (χ1) is 14.2. The third-order valence-electron chi connectivity index (χ3n) is 4.99. The second-order valence-corrected chi connectivity index (χ2v) is 9.42. The molecule has 1 heterocycles. The van der Waals surface area contributed by atoms with E-state index in [1.807, 2.05) is 19.1 Å². The van der Waals surface area contributed by atoms with Gasteiger partial charge >= 0.3 is 0 Å². The molecular formula is C21H24ClN3O4S. The van der Waals surface area contributed by atoms with E-state index in [0.29, 0.717) is 11.4 Å². The largest absolute Gasteiger partial charge is 0.352 e. The number of fused-ring (bicyclic) bond motifs is 1. The number of hydrogen-bond acceptors (Lipinski definition) is 4. The molecule has 0 bridgehead atoms. The second-order valence-electron chi connectivity index (χ2n) is 7.25. The standard InChI is InChI=1S/C21H24ClN3O4S/c1-14-11-17-12-18(7-8-20(17)25(14)15(2)26)30(28,29)24-10-9-21(27)23-13-16-5-3-4-6-19(16)22/h3-8,12,14,24H,9-11,13H2,1-2H3,(H,23,27). The van der Waals surface area contributed by atoms with Gasteiger partial charge in [-0.1, -0.05) is 29.8 Å².